The molecule has 0 spiro atoms. The van der Waals surface area contributed by atoms with Crippen molar-refractivity contribution >= 4 is 5.95 Å². The first-order valence-electron chi connectivity index (χ1n) is 6.09. The summed E-state index contributed by atoms with van der Waals surface area (Å²) in [4.78, 5) is 11.3. The molecule has 1 aliphatic rings. The van der Waals surface area contributed by atoms with Crippen LogP contribution < -0.4 is 10.6 Å². The molecule has 1 unspecified atom stereocenters. The van der Waals surface area contributed by atoms with Crippen LogP contribution in [0.25, 0.3) is 0 Å². The van der Waals surface area contributed by atoms with Gasteiger partial charge in [-0.2, -0.15) is 0 Å². The molecule has 2 N–H and O–H groups in total. The molecule has 1 aromatic rings. The van der Waals surface area contributed by atoms with Gasteiger partial charge >= 0.3 is 0 Å². The third kappa shape index (κ3) is 2.16. The minimum absolute atomic E-state index is 0.287. The molecular weight excluding hydrogens is 200 g/mol. The number of rotatable bonds is 3. The number of fused-ring (bicyclic) bond motifs is 1. The van der Waals surface area contributed by atoms with Crippen LogP contribution in [0, 0.1) is 0 Å². The SMILES string of the molecule is CCN(CC)c1ncc2c(n1)CCC(N)C2. The van der Waals surface area contributed by atoms with E-state index in [-0.39, 0.29) is 6.04 Å². The molecule has 0 saturated carbocycles. The van der Waals surface area contributed by atoms with Crippen LogP contribution >= 0.6 is 0 Å². The summed E-state index contributed by atoms with van der Waals surface area (Å²) in [6.07, 6.45) is 4.91. The topological polar surface area (TPSA) is 55.0 Å². The van der Waals surface area contributed by atoms with Gasteiger partial charge in [0.15, 0.2) is 0 Å². The summed E-state index contributed by atoms with van der Waals surface area (Å²) in [7, 11) is 0. The van der Waals surface area contributed by atoms with Gasteiger partial charge in [-0.05, 0) is 38.7 Å². The minimum atomic E-state index is 0.287. The van der Waals surface area contributed by atoms with Crippen molar-refractivity contribution in [2.24, 2.45) is 5.73 Å². The highest BCUT2D eigenvalue weighted by atomic mass is 15.2. The van der Waals surface area contributed by atoms with Gasteiger partial charge in [-0.25, -0.2) is 9.97 Å². The van der Waals surface area contributed by atoms with Gasteiger partial charge in [-0.1, -0.05) is 0 Å². The lowest BCUT2D eigenvalue weighted by Gasteiger charge is -2.23. The fourth-order valence-electron chi connectivity index (χ4n) is 2.18. The maximum absolute atomic E-state index is 5.93. The molecule has 88 valence electrons. The highest BCUT2D eigenvalue weighted by Crippen LogP contribution is 2.20. The van der Waals surface area contributed by atoms with Gasteiger partial charge in [0.2, 0.25) is 5.95 Å². The van der Waals surface area contributed by atoms with E-state index in [1.807, 2.05) is 6.20 Å². The Balaban J connectivity index is 2.25. The molecule has 1 heterocycles. The molecule has 16 heavy (non-hydrogen) atoms. The summed E-state index contributed by atoms with van der Waals surface area (Å²) in [5.74, 6) is 0.860. The second kappa shape index (κ2) is 4.78. The molecular formula is C12H20N4. The number of aromatic nitrogens is 2. The summed E-state index contributed by atoms with van der Waals surface area (Å²) in [5.41, 5.74) is 8.36. The maximum Gasteiger partial charge on any atom is 0.225 e. The molecule has 1 atom stereocenters. The van der Waals surface area contributed by atoms with Crippen LogP contribution in [-0.4, -0.2) is 29.1 Å². The van der Waals surface area contributed by atoms with Gasteiger partial charge < -0.3 is 10.6 Å². The Morgan fingerprint density at radius 3 is 2.88 bits per heavy atom. The van der Waals surface area contributed by atoms with Gasteiger partial charge in [0.25, 0.3) is 0 Å². The molecule has 0 bridgehead atoms. The zero-order chi connectivity index (χ0) is 11.5. The number of nitrogens with zero attached hydrogens (tertiary/aromatic N) is 3. The van der Waals surface area contributed by atoms with E-state index in [9.17, 15) is 0 Å². The molecule has 4 heteroatoms. The second-order valence-corrected chi connectivity index (χ2v) is 4.32. The highest BCUT2D eigenvalue weighted by molar-refractivity contribution is 5.34. The van der Waals surface area contributed by atoms with Crippen molar-refractivity contribution in [3.05, 3.63) is 17.5 Å². The Morgan fingerprint density at radius 1 is 1.44 bits per heavy atom. The van der Waals surface area contributed by atoms with Crippen LogP contribution in [0.15, 0.2) is 6.20 Å². The fourth-order valence-corrected chi connectivity index (χ4v) is 2.18. The summed E-state index contributed by atoms with van der Waals surface area (Å²) in [5, 5.41) is 0. The number of anilines is 1. The normalized spacial score (nSPS) is 19.3. The molecule has 4 nitrogen and oxygen atoms in total. The van der Waals surface area contributed by atoms with Crippen molar-refractivity contribution in [1.29, 1.82) is 0 Å². The van der Waals surface area contributed by atoms with Crippen LogP contribution in [0.4, 0.5) is 5.95 Å². The van der Waals surface area contributed by atoms with E-state index in [0.717, 1.165) is 38.3 Å². The Bertz CT molecular complexity index is 360. The molecule has 0 aromatic carbocycles. The van der Waals surface area contributed by atoms with E-state index in [2.05, 4.69) is 28.7 Å². The zero-order valence-electron chi connectivity index (χ0n) is 10.1. The molecule has 1 aliphatic carbocycles. The lowest BCUT2D eigenvalue weighted by Crippen LogP contribution is -2.30. The summed E-state index contributed by atoms with van der Waals surface area (Å²) in [6.45, 7) is 6.16. The first-order chi connectivity index (χ1) is 7.74. The Kier molecular flexibility index (Phi) is 3.39. The highest BCUT2D eigenvalue weighted by Gasteiger charge is 2.18. The first-order valence-corrected chi connectivity index (χ1v) is 6.09. The molecule has 0 aliphatic heterocycles. The fraction of sp³-hybridized carbons (Fsp3) is 0.667. The van der Waals surface area contributed by atoms with Crippen molar-refractivity contribution in [2.45, 2.75) is 39.2 Å². The quantitative estimate of drug-likeness (QED) is 0.830. The lowest BCUT2D eigenvalue weighted by atomic mass is 9.94. The summed E-state index contributed by atoms with van der Waals surface area (Å²) in [6, 6.07) is 0.287. The van der Waals surface area contributed by atoms with Crippen LogP contribution in [0.3, 0.4) is 0 Å². The number of aryl methyl sites for hydroxylation is 1. The molecule has 0 amide bonds. The van der Waals surface area contributed by atoms with E-state index >= 15 is 0 Å². The van der Waals surface area contributed by atoms with Crippen molar-refractivity contribution < 1.29 is 0 Å². The molecule has 0 fully saturated rings. The van der Waals surface area contributed by atoms with Crippen molar-refractivity contribution in [2.75, 3.05) is 18.0 Å². The van der Waals surface area contributed by atoms with Crippen molar-refractivity contribution in [3.63, 3.8) is 0 Å². The largest absolute Gasteiger partial charge is 0.341 e. The summed E-state index contributed by atoms with van der Waals surface area (Å²) >= 11 is 0. The monoisotopic (exact) mass is 220 g/mol. The third-order valence-electron chi connectivity index (χ3n) is 3.22. The molecule has 1 aromatic heterocycles. The average Bonchev–Trinajstić information content (AvgIpc) is 2.31. The predicted octanol–water partition coefficient (Wildman–Crippen LogP) is 1.14. The molecule has 2 rings (SSSR count). The first kappa shape index (κ1) is 11.3. The standard InChI is InChI=1S/C12H20N4/c1-3-16(4-2)12-14-8-9-7-10(13)5-6-11(9)15-12/h8,10H,3-7,13H2,1-2H3. The second-order valence-electron chi connectivity index (χ2n) is 4.32. The van der Waals surface area contributed by atoms with E-state index < -0.39 is 0 Å². The van der Waals surface area contributed by atoms with E-state index in [1.165, 1.54) is 11.3 Å². The number of hydrogen-bond donors (Lipinski definition) is 1. The van der Waals surface area contributed by atoms with E-state index in [4.69, 9.17) is 5.73 Å². The van der Waals surface area contributed by atoms with Gasteiger partial charge in [0.05, 0.1) is 0 Å². The van der Waals surface area contributed by atoms with Crippen molar-refractivity contribution in [1.82, 2.24) is 9.97 Å². The third-order valence-corrected chi connectivity index (χ3v) is 3.22. The zero-order valence-corrected chi connectivity index (χ0v) is 10.1. The Labute approximate surface area is 96.9 Å². The smallest absolute Gasteiger partial charge is 0.225 e. The van der Waals surface area contributed by atoms with E-state index in [1.54, 1.807) is 0 Å². The van der Waals surface area contributed by atoms with Gasteiger partial charge in [-0.15, -0.1) is 0 Å². The maximum atomic E-state index is 5.93. The van der Waals surface area contributed by atoms with Crippen LogP contribution in [0.1, 0.15) is 31.5 Å². The molecule has 0 saturated heterocycles. The minimum Gasteiger partial charge on any atom is -0.341 e. The Morgan fingerprint density at radius 2 is 2.19 bits per heavy atom. The van der Waals surface area contributed by atoms with Gasteiger partial charge in [0.1, 0.15) is 0 Å². The Hall–Kier alpha value is -1.16. The molecule has 0 radical (unpaired) electrons. The number of nitrogens with two attached hydrogens (primary N) is 1. The van der Waals surface area contributed by atoms with E-state index in [0.29, 0.717) is 0 Å². The predicted molar refractivity (Wildman–Crippen MR) is 65.6 cm³/mol. The van der Waals surface area contributed by atoms with Crippen LogP contribution in [-0.2, 0) is 12.8 Å². The lowest BCUT2D eigenvalue weighted by molar-refractivity contribution is 0.562. The van der Waals surface area contributed by atoms with Gasteiger partial charge in [-0.3, -0.25) is 0 Å². The summed E-state index contributed by atoms with van der Waals surface area (Å²) < 4.78 is 0. The van der Waals surface area contributed by atoms with Gasteiger partial charge in [0, 0.05) is 31.0 Å². The number of hydrogen-bond acceptors (Lipinski definition) is 4. The average molecular weight is 220 g/mol. The van der Waals surface area contributed by atoms with Crippen molar-refractivity contribution in [3.8, 4) is 0 Å². The van der Waals surface area contributed by atoms with Crippen LogP contribution in [0.2, 0.25) is 0 Å². The van der Waals surface area contributed by atoms with Crippen LogP contribution in [0.5, 0.6) is 0 Å².